The molecule has 0 aliphatic rings. The highest BCUT2D eigenvalue weighted by atomic mass is 19.1. The zero-order valence-electron chi connectivity index (χ0n) is 10.2. The number of hydrogen-bond donors (Lipinski definition) is 1. The summed E-state index contributed by atoms with van der Waals surface area (Å²) in [4.78, 5) is 15.6. The Balaban J connectivity index is 2.67. The Morgan fingerprint density at radius 2 is 2.22 bits per heavy atom. The maximum absolute atomic E-state index is 13.7. The molecule has 18 heavy (non-hydrogen) atoms. The topological polar surface area (TPSA) is 65.2 Å². The monoisotopic (exact) mass is 248 g/mol. The van der Waals surface area contributed by atoms with Gasteiger partial charge in [0.25, 0.3) is 0 Å². The van der Waals surface area contributed by atoms with Gasteiger partial charge in [0.15, 0.2) is 0 Å². The van der Waals surface area contributed by atoms with Crippen LogP contribution in [-0.4, -0.2) is 17.6 Å². The largest absolute Gasteiger partial charge is 0.462 e. The van der Waals surface area contributed by atoms with E-state index in [1.54, 1.807) is 19.9 Å². The molecule has 5 heteroatoms. The average molecular weight is 248 g/mol. The van der Waals surface area contributed by atoms with Crippen molar-refractivity contribution in [3.63, 3.8) is 0 Å². The summed E-state index contributed by atoms with van der Waals surface area (Å²) in [6.45, 7) is 3.70. The molecule has 0 saturated heterocycles. The van der Waals surface area contributed by atoms with Gasteiger partial charge in [0.2, 0.25) is 0 Å². The number of aryl methyl sites for hydroxylation is 1. The summed E-state index contributed by atoms with van der Waals surface area (Å²) in [6.07, 6.45) is 1.24. The molecule has 0 amide bonds. The van der Waals surface area contributed by atoms with Crippen LogP contribution >= 0.6 is 0 Å². The van der Waals surface area contributed by atoms with Crippen molar-refractivity contribution in [2.45, 2.75) is 13.8 Å². The first-order chi connectivity index (χ1) is 8.54. The number of carbonyl (C=O) groups is 1. The zero-order chi connectivity index (χ0) is 13.3. The van der Waals surface area contributed by atoms with Gasteiger partial charge in [-0.3, -0.25) is 4.98 Å². The number of esters is 1. The highest BCUT2D eigenvalue weighted by molar-refractivity contribution is 6.04. The molecule has 2 N–H and O–H groups in total. The fourth-order valence-corrected chi connectivity index (χ4v) is 1.79. The summed E-state index contributed by atoms with van der Waals surface area (Å²) in [7, 11) is 0. The van der Waals surface area contributed by atoms with Gasteiger partial charge in [0, 0.05) is 11.6 Å². The van der Waals surface area contributed by atoms with Crippen molar-refractivity contribution in [3.8, 4) is 0 Å². The number of pyridine rings is 1. The van der Waals surface area contributed by atoms with Gasteiger partial charge in [-0.1, -0.05) is 0 Å². The van der Waals surface area contributed by atoms with Crippen molar-refractivity contribution in [1.82, 2.24) is 4.98 Å². The Morgan fingerprint density at radius 3 is 2.89 bits per heavy atom. The minimum Gasteiger partial charge on any atom is -0.462 e. The first-order valence-corrected chi connectivity index (χ1v) is 5.56. The van der Waals surface area contributed by atoms with Gasteiger partial charge in [-0.2, -0.15) is 0 Å². The van der Waals surface area contributed by atoms with E-state index in [2.05, 4.69) is 4.98 Å². The van der Waals surface area contributed by atoms with Crippen LogP contribution in [0.2, 0.25) is 0 Å². The number of ether oxygens (including phenoxy) is 1. The van der Waals surface area contributed by atoms with Crippen LogP contribution in [0, 0.1) is 12.7 Å². The maximum atomic E-state index is 13.7. The molecule has 0 fully saturated rings. The van der Waals surface area contributed by atoms with E-state index in [0.717, 1.165) is 5.56 Å². The Hall–Kier alpha value is -2.17. The molecule has 0 atom stereocenters. The first kappa shape index (κ1) is 12.3. The van der Waals surface area contributed by atoms with Crippen LogP contribution in [0.4, 0.5) is 10.1 Å². The molecule has 0 saturated carbocycles. The number of benzene rings is 1. The molecule has 0 unspecified atom stereocenters. The van der Waals surface area contributed by atoms with Gasteiger partial charge in [-0.25, -0.2) is 9.18 Å². The standard InChI is InChI=1S/C13H13FN2O2/c1-3-18-13(17)9-6-16-12-8(11(9)15)4-7(2)5-10(12)14/h4-6H,3H2,1-2H3,(H2,15,16). The molecule has 94 valence electrons. The number of rotatable bonds is 2. The quantitative estimate of drug-likeness (QED) is 0.829. The molecule has 0 aliphatic carbocycles. The number of nitrogen functional groups attached to an aromatic ring is 1. The molecule has 1 aromatic carbocycles. The molecule has 0 radical (unpaired) electrons. The number of nitrogens with two attached hydrogens (primary N) is 1. The van der Waals surface area contributed by atoms with Crippen LogP contribution < -0.4 is 5.73 Å². The van der Waals surface area contributed by atoms with Crippen molar-refractivity contribution in [2.24, 2.45) is 0 Å². The van der Waals surface area contributed by atoms with Crippen molar-refractivity contribution < 1.29 is 13.9 Å². The van der Waals surface area contributed by atoms with Gasteiger partial charge >= 0.3 is 5.97 Å². The Morgan fingerprint density at radius 1 is 1.50 bits per heavy atom. The minimum atomic E-state index is -0.550. The molecular formula is C13H13FN2O2. The first-order valence-electron chi connectivity index (χ1n) is 5.56. The fraction of sp³-hybridized carbons (Fsp3) is 0.231. The van der Waals surface area contributed by atoms with Crippen LogP contribution in [0.15, 0.2) is 18.3 Å². The lowest BCUT2D eigenvalue weighted by atomic mass is 10.1. The lowest BCUT2D eigenvalue weighted by molar-refractivity contribution is 0.0527. The van der Waals surface area contributed by atoms with Gasteiger partial charge in [-0.05, 0) is 31.5 Å². The van der Waals surface area contributed by atoms with Crippen LogP contribution in [-0.2, 0) is 4.74 Å². The van der Waals surface area contributed by atoms with Crippen LogP contribution in [0.1, 0.15) is 22.8 Å². The highest BCUT2D eigenvalue weighted by Gasteiger charge is 2.16. The van der Waals surface area contributed by atoms with E-state index in [-0.39, 0.29) is 23.4 Å². The van der Waals surface area contributed by atoms with E-state index >= 15 is 0 Å². The van der Waals surface area contributed by atoms with Crippen molar-refractivity contribution >= 4 is 22.6 Å². The van der Waals surface area contributed by atoms with Crippen molar-refractivity contribution in [3.05, 3.63) is 35.3 Å². The Bertz CT molecular complexity index is 626. The van der Waals surface area contributed by atoms with E-state index < -0.39 is 11.8 Å². The summed E-state index contributed by atoms with van der Waals surface area (Å²) in [6, 6.07) is 3.07. The fourth-order valence-electron chi connectivity index (χ4n) is 1.79. The highest BCUT2D eigenvalue weighted by Crippen LogP contribution is 2.26. The second-order valence-electron chi connectivity index (χ2n) is 3.95. The van der Waals surface area contributed by atoms with E-state index in [9.17, 15) is 9.18 Å². The maximum Gasteiger partial charge on any atom is 0.341 e. The average Bonchev–Trinajstić information content (AvgIpc) is 2.30. The van der Waals surface area contributed by atoms with Crippen LogP contribution in [0.25, 0.3) is 10.9 Å². The van der Waals surface area contributed by atoms with Gasteiger partial charge in [-0.15, -0.1) is 0 Å². The van der Waals surface area contributed by atoms with Gasteiger partial charge < -0.3 is 10.5 Å². The van der Waals surface area contributed by atoms with Gasteiger partial charge in [0.1, 0.15) is 16.9 Å². The normalized spacial score (nSPS) is 10.6. The van der Waals surface area contributed by atoms with Crippen molar-refractivity contribution in [1.29, 1.82) is 0 Å². The molecule has 2 rings (SSSR count). The summed E-state index contributed by atoms with van der Waals surface area (Å²) in [5.41, 5.74) is 7.11. The summed E-state index contributed by atoms with van der Waals surface area (Å²) < 4.78 is 18.5. The van der Waals surface area contributed by atoms with E-state index in [1.165, 1.54) is 12.3 Å². The second kappa shape index (κ2) is 4.60. The van der Waals surface area contributed by atoms with Gasteiger partial charge in [0.05, 0.1) is 12.3 Å². The van der Waals surface area contributed by atoms with E-state index in [4.69, 9.17) is 10.5 Å². The predicted molar refractivity (Wildman–Crippen MR) is 66.8 cm³/mol. The Kier molecular flexibility index (Phi) is 3.14. The van der Waals surface area contributed by atoms with E-state index in [0.29, 0.717) is 5.39 Å². The third-order valence-corrected chi connectivity index (χ3v) is 2.61. The lowest BCUT2D eigenvalue weighted by Gasteiger charge is -2.09. The molecule has 1 aromatic heterocycles. The second-order valence-corrected chi connectivity index (χ2v) is 3.95. The van der Waals surface area contributed by atoms with Crippen molar-refractivity contribution in [2.75, 3.05) is 12.3 Å². The molecule has 0 aliphatic heterocycles. The number of fused-ring (bicyclic) bond motifs is 1. The number of carbonyl (C=O) groups excluding carboxylic acids is 1. The van der Waals surface area contributed by atoms with Crippen LogP contribution in [0.5, 0.6) is 0 Å². The Labute approximate surface area is 104 Å². The van der Waals surface area contributed by atoms with E-state index in [1.807, 2.05) is 0 Å². The van der Waals surface area contributed by atoms with Crippen LogP contribution in [0.3, 0.4) is 0 Å². The molecular weight excluding hydrogens is 235 g/mol. The lowest BCUT2D eigenvalue weighted by Crippen LogP contribution is -2.09. The molecule has 4 nitrogen and oxygen atoms in total. The number of hydrogen-bond acceptors (Lipinski definition) is 4. The number of anilines is 1. The number of nitrogens with zero attached hydrogens (tertiary/aromatic N) is 1. The summed E-state index contributed by atoms with van der Waals surface area (Å²) in [5.74, 6) is -1.00. The molecule has 0 spiro atoms. The third-order valence-electron chi connectivity index (χ3n) is 2.61. The zero-order valence-corrected chi connectivity index (χ0v) is 10.2. The molecule has 2 aromatic rings. The SMILES string of the molecule is CCOC(=O)c1cnc2c(F)cc(C)cc2c1N. The third kappa shape index (κ3) is 1.99. The number of halogens is 1. The smallest absolute Gasteiger partial charge is 0.341 e. The molecule has 0 bridgehead atoms. The predicted octanol–water partition coefficient (Wildman–Crippen LogP) is 2.44. The summed E-state index contributed by atoms with van der Waals surface area (Å²) >= 11 is 0. The molecule has 1 heterocycles. The minimum absolute atomic E-state index is 0.158. The summed E-state index contributed by atoms with van der Waals surface area (Å²) in [5, 5.41) is 0.429. The number of aromatic nitrogens is 1.